The summed E-state index contributed by atoms with van der Waals surface area (Å²) in [6.45, 7) is 15.0. The summed E-state index contributed by atoms with van der Waals surface area (Å²) in [5.41, 5.74) is 0.772. The number of piperidine rings is 1. The van der Waals surface area contributed by atoms with Crippen LogP contribution in [0.5, 0.6) is 0 Å². The van der Waals surface area contributed by atoms with Gasteiger partial charge in [0.05, 0.1) is 12.5 Å². The second-order valence-corrected chi connectivity index (χ2v) is 15.0. The number of likely N-dealkylation sites (tertiary alicyclic amines) is 1. The number of carbonyl (C=O) groups excluding carboxylic acids is 5. The molecule has 4 rings (SSSR count). The van der Waals surface area contributed by atoms with Gasteiger partial charge in [0.15, 0.2) is 0 Å². The SMILES string of the molecule is CC(C)(C)OC(=O)N(C[C@@H]1CCNC1=O)NC(=O)[C@@H]1[C@@H]2[C@H](CN1C(=O)C(NC(=O)C1CC(F)(F)C1)C(C)(C)C)C2(C)C. The minimum absolute atomic E-state index is 0.0226. The van der Waals surface area contributed by atoms with Crippen LogP contribution >= 0.6 is 0 Å². The standard InChI is InChI=1S/C29H45F2N5O6/c1-26(2,3)20(33-22(38)16-11-29(30,31)12-16)24(40)35-14-17-18(28(17,7)8)19(35)23(39)34-36(25(41)42-27(4,5)6)13-15-9-10-32-21(15)37/h15-20H,9-14H2,1-8H3,(H,32,37)(H,33,38)(H,34,39)/t15-,17-,18-,19-,20?/m0/s1. The highest BCUT2D eigenvalue weighted by Gasteiger charge is 2.70. The van der Waals surface area contributed by atoms with Crippen molar-refractivity contribution in [2.45, 2.75) is 98.3 Å². The molecule has 3 N–H and O–H groups in total. The Kier molecular flexibility index (Phi) is 8.08. The lowest BCUT2D eigenvalue weighted by Crippen LogP contribution is -2.62. The van der Waals surface area contributed by atoms with E-state index >= 15 is 0 Å². The van der Waals surface area contributed by atoms with E-state index in [0.717, 1.165) is 5.01 Å². The molecule has 2 heterocycles. The molecule has 42 heavy (non-hydrogen) atoms. The first-order valence-electron chi connectivity index (χ1n) is 14.7. The molecule has 4 fully saturated rings. The molecule has 0 aromatic carbocycles. The summed E-state index contributed by atoms with van der Waals surface area (Å²) in [7, 11) is 0. The monoisotopic (exact) mass is 597 g/mol. The Bertz CT molecular complexity index is 1140. The highest BCUT2D eigenvalue weighted by atomic mass is 19.3. The summed E-state index contributed by atoms with van der Waals surface area (Å²) in [6, 6.07) is -2.01. The van der Waals surface area contributed by atoms with E-state index in [2.05, 4.69) is 16.1 Å². The number of amides is 5. The Morgan fingerprint density at radius 3 is 2.21 bits per heavy atom. The van der Waals surface area contributed by atoms with Crippen molar-refractivity contribution < 1.29 is 37.5 Å². The van der Waals surface area contributed by atoms with Gasteiger partial charge >= 0.3 is 6.09 Å². The predicted molar refractivity (Wildman–Crippen MR) is 148 cm³/mol. The number of hydrogen-bond donors (Lipinski definition) is 3. The first-order valence-corrected chi connectivity index (χ1v) is 14.7. The molecule has 236 valence electrons. The van der Waals surface area contributed by atoms with E-state index in [9.17, 15) is 32.8 Å². The molecule has 2 aliphatic heterocycles. The minimum Gasteiger partial charge on any atom is -0.442 e. The zero-order chi connectivity index (χ0) is 31.6. The molecular formula is C29H45F2N5O6. The maximum absolute atomic E-state index is 14.0. The highest BCUT2D eigenvalue weighted by Crippen LogP contribution is 2.65. The molecular weight excluding hydrogens is 552 g/mol. The summed E-state index contributed by atoms with van der Waals surface area (Å²) >= 11 is 0. The number of alkyl halides is 2. The molecule has 11 nitrogen and oxygen atoms in total. The van der Waals surface area contributed by atoms with Gasteiger partial charge in [0.2, 0.25) is 23.6 Å². The van der Waals surface area contributed by atoms with Crippen LogP contribution in [0, 0.1) is 34.5 Å². The molecule has 5 atom stereocenters. The number of ether oxygens (including phenoxy) is 1. The fraction of sp³-hybridized carbons (Fsp3) is 0.828. The van der Waals surface area contributed by atoms with E-state index in [1.807, 2.05) is 13.8 Å². The normalized spacial score (nSPS) is 28.6. The van der Waals surface area contributed by atoms with Crippen LogP contribution < -0.4 is 16.1 Å². The van der Waals surface area contributed by atoms with Gasteiger partial charge in [-0.05, 0) is 49.9 Å². The molecule has 13 heteroatoms. The van der Waals surface area contributed by atoms with Crippen molar-refractivity contribution in [3.8, 4) is 0 Å². The van der Waals surface area contributed by atoms with E-state index in [-0.39, 0.29) is 36.2 Å². The van der Waals surface area contributed by atoms with E-state index < -0.39 is 77.5 Å². The van der Waals surface area contributed by atoms with E-state index in [1.165, 1.54) is 4.90 Å². The van der Waals surface area contributed by atoms with Gasteiger partial charge in [0.25, 0.3) is 5.91 Å². The predicted octanol–water partition coefficient (Wildman–Crippen LogP) is 2.45. The smallest absolute Gasteiger partial charge is 0.429 e. The molecule has 0 bridgehead atoms. The Morgan fingerprint density at radius 1 is 1.10 bits per heavy atom. The number of rotatable bonds is 6. The van der Waals surface area contributed by atoms with Gasteiger partial charge in [0.1, 0.15) is 17.7 Å². The molecule has 4 aliphatic rings. The Labute approximate surface area is 245 Å². The largest absolute Gasteiger partial charge is 0.442 e. The summed E-state index contributed by atoms with van der Waals surface area (Å²) in [4.78, 5) is 67.6. The van der Waals surface area contributed by atoms with Crippen molar-refractivity contribution in [3.05, 3.63) is 0 Å². The number of carbonyl (C=O) groups is 5. The number of halogens is 2. The van der Waals surface area contributed by atoms with Crippen LogP contribution in [-0.4, -0.2) is 82.9 Å². The van der Waals surface area contributed by atoms with Crippen molar-refractivity contribution in [1.82, 2.24) is 26.0 Å². The fourth-order valence-corrected chi connectivity index (χ4v) is 6.46. The average molecular weight is 598 g/mol. The first-order chi connectivity index (χ1) is 19.1. The molecule has 2 aliphatic carbocycles. The van der Waals surface area contributed by atoms with Crippen molar-refractivity contribution in [2.75, 3.05) is 19.6 Å². The van der Waals surface area contributed by atoms with Gasteiger partial charge < -0.3 is 20.3 Å². The quantitative estimate of drug-likeness (QED) is 0.403. The molecule has 5 amide bonds. The van der Waals surface area contributed by atoms with Crippen molar-refractivity contribution in [2.24, 2.45) is 34.5 Å². The molecule has 0 aromatic rings. The fourth-order valence-electron chi connectivity index (χ4n) is 6.46. The second-order valence-electron chi connectivity index (χ2n) is 15.0. The van der Waals surface area contributed by atoms with Crippen molar-refractivity contribution in [1.29, 1.82) is 0 Å². The van der Waals surface area contributed by atoms with Crippen LogP contribution in [0.15, 0.2) is 0 Å². The van der Waals surface area contributed by atoms with E-state index in [4.69, 9.17) is 4.74 Å². The lowest BCUT2D eigenvalue weighted by Gasteiger charge is -2.40. The molecule has 1 unspecified atom stereocenters. The molecule has 0 spiro atoms. The summed E-state index contributed by atoms with van der Waals surface area (Å²) in [6.07, 6.45) is -1.46. The summed E-state index contributed by atoms with van der Waals surface area (Å²) in [5, 5.41) is 6.43. The third-order valence-electron chi connectivity index (χ3n) is 9.05. The van der Waals surface area contributed by atoms with Crippen LogP contribution in [0.25, 0.3) is 0 Å². The Morgan fingerprint density at radius 2 is 1.71 bits per heavy atom. The van der Waals surface area contributed by atoms with Crippen LogP contribution in [-0.2, 0) is 23.9 Å². The minimum atomic E-state index is -2.88. The lowest BCUT2D eigenvalue weighted by molar-refractivity contribution is -0.155. The van der Waals surface area contributed by atoms with Gasteiger partial charge in [-0.15, -0.1) is 0 Å². The maximum atomic E-state index is 14.0. The molecule has 2 saturated carbocycles. The highest BCUT2D eigenvalue weighted by molar-refractivity contribution is 5.95. The van der Waals surface area contributed by atoms with Gasteiger partial charge in [-0.1, -0.05) is 34.6 Å². The number of hydrazine groups is 1. The second kappa shape index (κ2) is 10.6. The number of nitrogens with zero attached hydrogens (tertiary/aromatic N) is 2. The van der Waals surface area contributed by atoms with E-state index in [0.29, 0.717) is 13.0 Å². The van der Waals surface area contributed by atoms with E-state index in [1.54, 1.807) is 41.5 Å². The van der Waals surface area contributed by atoms with Crippen LogP contribution in [0.3, 0.4) is 0 Å². The summed E-state index contributed by atoms with van der Waals surface area (Å²) in [5.74, 6) is -6.38. The van der Waals surface area contributed by atoms with Gasteiger partial charge in [-0.3, -0.25) is 24.6 Å². The van der Waals surface area contributed by atoms with Crippen LogP contribution in [0.2, 0.25) is 0 Å². The zero-order valence-corrected chi connectivity index (χ0v) is 25.8. The third kappa shape index (κ3) is 6.49. The lowest BCUT2D eigenvalue weighted by atomic mass is 9.79. The average Bonchev–Trinajstić information content (AvgIpc) is 3.16. The molecule has 0 radical (unpaired) electrons. The first kappa shape index (κ1) is 31.9. The van der Waals surface area contributed by atoms with Crippen molar-refractivity contribution >= 4 is 29.7 Å². The third-order valence-corrected chi connectivity index (χ3v) is 9.05. The zero-order valence-electron chi connectivity index (χ0n) is 25.8. The number of fused-ring (bicyclic) bond motifs is 1. The number of hydrogen-bond acceptors (Lipinski definition) is 6. The van der Waals surface area contributed by atoms with Gasteiger partial charge in [-0.2, -0.15) is 0 Å². The summed E-state index contributed by atoms with van der Waals surface area (Å²) < 4.78 is 32.4. The Hall–Kier alpha value is -2.99. The van der Waals surface area contributed by atoms with Gasteiger partial charge in [0, 0.05) is 31.8 Å². The Balaban J connectivity index is 1.55. The molecule has 2 saturated heterocycles. The van der Waals surface area contributed by atoms with Crippen LogP contribution in [0.4, 0.5) is 13.6 Å². The van der Waals surface area contributed by atoms with Crippen LogP contribution in [0.1, 0.15) is 74.7 Å². The molecule has 0 aromatic heterocycles. The van der Waals surface area contributed by atoms with Gasteiger partial charge in [-0.25, -0.2) is 18.6 Å². The van der Waals surface area contributed by atoms with Crippen molar-refractivity contribution in [3.63, 3.8) is 0 Å². The topological polar surface area (TPSA) is 137 Å². The maximum Gasteiger partial charge on any atom is 0.429 e. The number of nitrogens with one attached hydrogen (secondary N) is 3.